The molecule has 0 saturated heterocycles. The van der Waals surface area contributed by atoms with Gasteiger partial charge in [0.25, 0.3) is 0 Å². The van der Waals surface area contributed by atoms with Crippen molar-refractivity contribution in [1.29, 1.82) is 0 Å². The Kier molecular flexibility index (Phi) is 5.45. The quantitative estimate of drug-likeness (QED) is 0.589. The van der Waals surface area contributed by atoms with Gasteiger partial charge in [0.05, 0.1) is 11.4 Å². The smallest absolute Gasteiger partial charge is 0.250 e. The second kappa shape index (κ2) is 8.18. The Labute approximate surface area is 173 Å². The fraction of sp³-hybridized carbons (Fsp3) is 0.211. The number of benzene rings is 1. The second-order valence-electron chi connectivity index (χ2n) is 6.40. The van der Waals surface area contributed by atoms with Crippen LogP contribution in [0.15, 0.2) is 35.7 Å². The maximum atomic E-state index is 14.1. The minimum absolute atomic E-state index is 0.130. The summed E-state index contributed by atoms with van der Waals surface area (Å²) < 4.78 is 14.1. The molecule has 3 aromatic rings. The monoisotopic (exact) mass is 429 g/mol. The van der Waals surface area contributed by atoms with Crippen molar-refractivity contribution in [3.8, 4) is 0 Å². The lowest BCUT2D eigenvalue weighted by Crippen LogP contribution is -2.23. The topological polar surface area (TPSA) is 88.1 Å². The van der Waals surface area contributed by atoms with Crippen molar-refractivity contribution >= 4 is 56.5 Å². The van der Waals surface area contributed by atoms with Gasteiger partial charge in [-0.1, -0.05) is 23.5 Å². The highest BCUT2D eigenvalue weighted by molar-refractivity contribution is 7.15. The van der Waals surface area contributed by atoms with Crippen LogP contribution in [0.4, 0.5) is 20.3 Å². The molecule has 0 radical (unpaired) electrons. The molecule has 2 aromatic heterocycles. The zero-order chi connectivity index (χ0) is 20.4. The van der Waals surface area contributed by atoms with Crippen LogP contribution in [0.1, 0.15) is 36.4 Å². The number of amides is 2. The van der Waals surface area contributed by atoms with Crippen molar-refractivity contribution in [2.24, 2.45) is 0 Å². The van der Waals surface area contributed by atoms with Crippen LogP contribution < -0.4 is 10.2 Å². The van der Waals surface area contributed by atoms with Crippen LogP contribution in [0.2, 0.25) is 0 Å². The largest absolute Gasteiger partial charge is 0.297 e. The van der Waals surface area contributed by atoms with Crippen LogP contribution in [0.5, 0.6) is 0 Å². The summed E-state index contributed by atoms with van der Waals surface area (Å²) in [5.41, 5.74) is 0.615. The molecule has 1 aliphatic rings. The van der Waals surface area contributed by atoms with Crippen molar-refractivity contribution in [2.75, 3.05) is 10.2 Å². The highest BCUT2D eigenvalue weighted by Crippen LogP contribution is 2.42. The molecule has 1 aromatic carbocycles. The Balaban J connectivity index is 1.45. The zero-order valence-electron chi connectivity index (χ0n) is 15.3. The number of nitrogens with zero attached hydrogens (tertiary/aromatic N) is 4. The predicted octanol–water partition coefficient (Wildman–Crippen LogP) is 4.35. The average Bonchev–Trinajstić information content (AvgIpc) is 3.26. The van der Waals surface area contributed by atoms with Gasteiger partial charge in [0, 0.05) is 24.3 Å². The van der Waals surface area contributed by atoms with Crippen LogP contribution in [-0.4, -0.2) is 27.0 Å². The van der Waals surface area contributed by atoms with E-state index >= 15 is 0 Å². The summed E-state index contributed by atoms with van der Waals surface area (Å²) in [7, 11) is 0. The minimum atomic E-state index is -0.517. The molecule has 1 saturated carbocycles. The molecule has 1 aliphatic carbocycles. The van der Waals surface area contributed by atoms with Crippen LogP contribution in [0.3, 0.4) is 0 Å². The molecule has 0 unspecified atom stereocenters. The van der Waals surface area contributed by atoms with Crippen molar-refractivity contribution in [3.63, 3.8) is 0 Å². The number of halogens is 1. The Hall–Kier alpha value is -2.98. The number of nitrogens with one attached hydrogen (secondary N) is 1. The molecule has 148 valence electrons. The van der Waals surface area contributed by atoms with Crippen LogP contribution in [0, 0.1) is 5.82 Å². The molecule has 29 heavy (non-hydrogen) atoms. The first kappa shape index (κ1) is 19.3. The predicted molar refractivity (Wildman–Crippen MR) is 111 cm³/mol. The molecule has 2 amide bonds. The number of hydrogen-bond donors (Lipinski definition) is 1. The Bertz CT molecular complexity index is 1090. The number of rotatable bonds is 6. The van der Waals surface area contributed by atoms with Crippen molar-refractivity contribution in [3.05, 3.63) is 52.2 Å². The number of anilines is 3. The summed E-state index contributed by atoms with van der Waals surface area (Å²) in [5, 5.41) is 14.1. The van der Waals surface area contributed by atoms with Crippen LogP contribution >= 0.6 is 22.7 Å². The number of thiazole rings is 1. The van der Waals surface area contributed by atoms with E-state index in [0.717, 1.165) is 17.8 Å². The van der Waals surface area contributed by atoms with Gasteiger partial charge in [-0.2, -0.15) is 0 Å². The van der Waals surface area contributed by atoms with E-state index in [9.17, 15) is 14.0 Å². The summed E-state index contributed by atoms with van der Waals surface area (Å²) >= 11 is 2.57. The maximum absolute atomic E-state index is 14.1. The molecule has 1 fully saturated rings. The van der Waals surface area contributed by atoms with E-state index in [2.05, 4.69) is 20.5 Å². The van der Waals surface area contributed by atoms with Crippen LogP contribution in [-0.2, 0) is 9.59 Å². The van der Waals surface area contributed by atoms with Crippen molar-refractivity contribution in [1.82, 2.24) is 15.2 Å². The van der Waals surface area contributed by atoms with E-state index in [1.54, 1.807) is 17.5 Å². The number of carbonyl (C=O) groups is 2. The summed E-state index contributed by atoms with van der Waals surface area (Å²) in [5.74, 6) is -0.742. The maximum Gasteiger partial charge on any atom is 0.250 e. The molecule has 0 aliphatic heterocycles. The highest BCUT2D eigenvalue weighted by Gasteiger charge is 2.27. The third-order valence-corrected chi connectivity index (χ3v) is 5.96. The highest BCUT2D eigenvalue weighted by atomic mass is 32.1. The molecule has 1 N–H and O–H groups in total. The zero-order valence-corrected chi connectivity index (χ0v) is 17.0. The fourth-order valence-corrected chi connectivity index (χ4v) is 4.35. The normalized spacial score (nSPS) is 13.6. The standard InChI is InChI=1S/C19H16FN5O2S2/c1-11(26)25(15-5-3-2-4-14(15)20)19-21-13(10-28-19)8-9-16(27)22-18-24-23-17(29-18)12-6-7-12/h2-5,8-10,12H,6-7H2,1H3,(H,22,24,27). The number of para-hydroxylation sites is 1. The minimum Gasteiger partial charge on any atom is -0.297 e. The van der Waals surface area contributed by atoms with E-state index in [4.69, 9.17) is 0 Å². The van der Waals surface area contributed by atoms with Gasteiger partial charge >= 0.3 is 0 Å². The van der Waals surface area contributed by atoms with Crippen LogP contribution in [0.25, 0.3) is 6.08 Å². The van der Waals surface area contributed by atoms with Gasteiger partial charge in [0.1, 0.15) is 10.8 Å². The van der Waals surface area contributed by atoms with Gasteiger partial charge in [-0.25, -0.2) is 9.37 Å². The van der Waals surface area contributed by atoms with Gasteiger partial charge < -0.3 is 0 Å². The Morgan fingerprint density at radius 3 is 2.79 bits per heavy atom. The Morgan fingerprint density at radius 2 is 2.07 bits per heavy atom. The molecule has 4 rings (SSSR count). The SMILES string of the molecule is CC(=O)N(c1nc(C=CC(=O)Nc2nnc(C3CC3)s2)cs1)c1ccccc1F. The summed E-state index contributed by atoms with van der Waals surface area (Å²) in [6.07, 6.45) is 5.10. The van der Waals surface area contributed by atoms with E-state index in [1.165, 1.54) is 58.8 Å². The number of aromatic nitrogens is 3. The van der Waals surface area contributed by atoms with E-state index in [-0.39, 0.29) is 17.5 Å². The van der Waals surface area contributed by atoms with Crippen molar-refractivity contribution in [2.45, 2.75) is 25.7 Å². The third kappa shape index (κ3) is 4.54. The molecule has 10 heteroatoms. The fourth-order valence-electron chi connectivity index (χ4n) is 2.58. The number of carbonyl (C=O) groups excluding carboxylic acids is 2. The van der Waals surface area contributed by atoms with Gasteiger partial charge in [0.15, 0.2) is 5.13 Å². The third-order valence-electron chi connectivity index (χ3n) is 4.11. The molecule has 2 heterocycles. The van der Waals surface area contributed by atoms with Gasteiger partial charge in [-0.05, 0) is 31.1 Å². The van der Waals surface area contributed by atoms with E-state index in [0.29, 0.717) is 21.9 Å². The molecule has 0 bridgehead atoms. The lowest BCUT2D eigenvalue weighted by atomic mass is 10.3. The second-order valence-corrected chi connectivity index (χ2v) is 8.25. The Morgan fingerprint density at radius 1 is 1.28 bits per heavy atom. The van der Waals surface area contributed by atoms with E-state index < -0.39 is 5.82 Å². The molecular weight excluding hydrogens is 413 g/mol. The first-order valence-electron chi connectivity index (χ1n) is 8.84. The molecule has 0 atom stereocenters. The summed E-state index contributed by atoms with van der Waals surface area (Å²) in [6.45, 7) is 1.34. The van der Waals surface area contributed by atoms with Gasteiger partial charge in [-0.3, -0.25) is 19.8 Å². The summed E-state index contributed by atoms with van der Waals surface area (Å²) in [6, 6.07) is 6.00. The molecular formula is C19H16FN5O2S2. The summed E-state index contributed by atoms with van der Waals surface area (Å²) in [4.78, 5) is 29.7. The average molecular weight is 430 g/mol. The lowest BCUT2D eigenvalue weighted by molar-refractivity contribution is -0.116. The lowest BCUT2D eigenvalue weighted by Gasteiger charge is -2.18. The molecule has 0 spiro atoms. The molecule has 7 nitrogen and oxygen atoms in total. The first-order valence-corrected chi connectivity index (χ1v) is 10.5. The van der Waals surface area contributed by atoms with Gasteiger partial charge in [-0.15, -0.1) is 21.5 Å². The number of hydrogen-bond acceptors (Lipinski definition) is 7. The van der Waals surface area contributed by atoms with E-state index in [1.807, 2.05) is 0 Å². The first-order chi connectivity index (χ1) is 14.0. The van der Waals surface area contributed by atoms with Crippen molar-refractivity contribution < 1.29 is 14.0 Å². The van der Waals surface area contributed by atoms with Gasteiger partial charge in [0.2, 0.25) is 16.9 Å².